The fourth-order valence-corrected chi connectivity index (χ4v) is 2.19. The third kappa shape index (κ3) is 3.33. The Balaban J connectivity index is 1.84. The van der Waals surface area contributed by atoms with Crippen molar-refractivity contribution in [3.8, 4) is 12.3 Å². The van der Waals surface area contributed by atoms with Crippen LogP contribution in [0.5, 0.6) is 0 Å². The van der Waals surface area contributed by atoms with E-state index in [2.05, 4.69) is 11.2 Å². The number of nitrogens with one attached hydrogen (secondary N) is 1. The van der Waals surface area contributed by atoms with Gasteiger partial charge in [-0.2, -0.15) is 0 Å². The van der Waals surface area contributed by atoms with Crippen LogP contribution in [0.2, 0.25) is 0 Å². The molecular formula is C15H19NO2. The number of hydrogen-bond acceptors (Lipinski definition) is 3. The average Bonchev–Trinajstić information content (AvgIpc) is 2.94. The highest BCUT2D eigenvalue weighted by Gasteiger charge is 2.24. The molecule has 1 fully saturated rings. The Kier molecular flexibility index (Phi) is 4.77. The zero-order valence-corrected chi connectivity index (χ0v) is 10.4. The van der Waals surface area contributed by atoms with E-state index >= 15 is 0 Å². The van der Waals surface area contributed by atoms with Gasteiger partial charge in [-0.15, -0.1) is 6.42 Å². The lowest BCUT2D eigenvalue weighted by molar-refractivity contribution is 0.0868. The molecule has 1 aromatic carbocycles. The van der Waals surface area contributed by atoms with Gasteiger partial charge in [0.05, 0.1) is 18.2 Å². The van der Waals surface area contributed by atoms with Crippen LogP contribution < -0.4 is 5.32 Å². The van der Waals surface area contributed by atoms with Gasteiger partial charge >= 0.3 is 0 Å². The summed E-state index contributed by atoms with van der Waals surface area (Å²) in [5.74, 6) is 2.70. The maximum absolute atomic E-state index is 10.0. The molecule has 0 aromatic heterocycles. The molecule has 1 saturated heterocycles. The summed E-state index contributed by atoms with van der Waals surface area (Å²) in [5, 5.41) is 13.2. The number of benzene rings is 1. The third-order valence-electron chi connectivity index (χ3n) is 3.23. The molecule has 3 atom stereocenters. The molecule has 3 heteroatoms. The van der Waals surface area contributed by atoms with Crippen molar-refractivity contribution in [2.24, 2.45) is 0 Å². The summed E-state index contributed by atoms with van der Waals surface area (Å²) >= 11 is 0. The van der Waals surface area contributed by atoms with Gasteiger partial charge in [0.15, 0.2) is 0 Å². The first-order chi connectivity index (χ1) is 8.81. The fraction of sp³-hybridized carbons (Fsp3) is 0.467. The number of aliphatic hydroxyl groups excluding tert-OH is 1. The summed E-state index contributed by atoms with van der Waals surface area (Å²) in [4.78, 5) is 0. The van der Waals surface area contributed by atoms with Gasteiger partial charge in [0.25, 0.3) is 0 Å². The lowest BCUT2D eigenvalue weighted by Gasteiger charge is -2.21. The Bertz CT molecular complexity index is 393. The summed E-state index contributed by atoms with van der Waals surface area (Å²) < 4.78 is 5.56. The number of rotatable bonds is 5. The van der Waals surface area contributed by atoms with Crippen molar-refractivity contribution in [3.05, 3.63) is 35.9 Å². The monoisotopic (exact) mass is 245 g/mol. The molecule has 1 aliphatic rings. The van der Waals surface area contributed by atoms with Crippen LogP contribution in [-0.2, 0) is 4.74 Å². The SMILES string of the molecule is C#CC(NC[C@@H](O)c1ccccc1)C1CCCO1. The minimum absolute atomic E-state index is 0.0815. The molecule has 96 valence electrons. The molecule has 18 heavy (non-hydrogen) atoms. The first kappa shape index (κ1) is 13.1. The largest absolute Gasteiger partial charge is 0.387 e. The summed E-state index contributed by atoms with van der Waals surface area (Å²) in [6.45, 7) is 1.23. The molecule has 0 bridgehead atoms. The van der Waals surface area contributed by atoms with E-state index in [0.29, 0.717) is 6.54 Å². The third-order valence-corrected chi connectivity index (χ3v) is 3.23. The van der Waals surface area contributed by atoms with E-state index in [1.165, 1.54) is 0 Å². The molecule has 2 rings (SSSR count). The second-order valence-electron chi connectivity index (χ2n) is 4.53. The molecule has 0 aliphatic carbocycles. The van der Waals surface area contributed by atoms with Crippen molar-refractivity contribution >= 4 is 0 Å². The van der Waals surface area contributed by atoms with Crippen molar-refractivity contribution in [1.29, 1.82) is 0 Å². The van der Waals surface area contributed by atoms with Crippen LogP contribution in [0.3, 0.4) is 0 Å². The minimum atomic E-state index is -0.538. The molecule has 1 heterocycles. The normalized spacial score (nSPS) is 22.3. The number of ether oxygens (including phenoxy) is 1. The van der Waals surface area contributed by atoms with Gasteiger partial charge in [-0.1, -0.05) is 36.3 Å². The highest BCUT2D eigenvalue weighted by atomic mass is 16.5. The molecule has 0 amide bonds. The molecule has 3 nitrogen and oxygen atoms in total. The minimum Gasteiger partial charge on any atom is -0.387 e. The van der Waals surface area contributed by atoms with Crippen molar-refractivity contribution in [2.75, 3.05) is 13.2 Å². The molecule has 1 aliphatic heterocycles. The van der Waals surface area contributed by atoms with E-state index in [9.17, 15) is 5.11 Å². The fourth-order valence-electron chi connectivity index (χ4n) is 2.19. The van der Waals surface area contributed by atoms with Gasteiger partial charge < -0.3 is 9.84 Å². The van der Waals surface area contributed by atoms with Gasteiger partial charge in [-0.05, 0) is 18.4 Å². The first-order valence-corrected chi connectivity index (χ1v) is 6.35. The Labute approximate surface area is 108 Å². The van der Waals surface area contributed by atoms with Gasteiger partial charge in [-0.3, -0.25) is 5.32 Å². The topological polar surface area (TPSA) is 41.5 Å². The predicted molar refractivity (Wildman–Crippen MR) is 71.0 cm³/mol. The molecule has 1 aromatic rings. The van der Waals surface area contributed by atoms with E-state index in [0.717, 1.165) is 25.0 Å². The number of terminal acetylenes is 1. The molecule has 0 spiro atoms. The molecule has 0 saturated carbocycles. The number of aliphatic hydroxyl groups is 1. The second kappa shape index (κ2) is 6.55. The molecule has 2 N–H and O–H groups in total. The van der Waals surface area contributed by atoms with Gasteiger partial charge in [0.2, 0.25) is 0 Å². The van der Waals surface area contributed by atoms with Crippen molar-refractivity contribution in [3.63, 3.8) is 0 Å². The maximum atomic E-state index is 10.0. The van der Waals surface area contributed by atoms with E-state index in [1.54, 1.807) is 0 Å². The first-order valence-electron chi connectivity index (χ1n) is 6.35. The summed E-state index contributed by atoms with van der Waals surface area (Å²) in [5.41, 5.74) is 0.896. The van der Waals surface area contributed by atoms with Crippen molar-refractivity contribution < 1.29 is 9.84 Å². The average molecular weight is 245 g/mol. The van der Waals surface area contributed by atoms with Crippen LogP contribution in [0.1, 0.15) is 24.5 Å². The Morgan fingerprint density at radius 2 is 2.22 bits per heavy atom. The molecule has 0 radical (unpaired) electrons. The van der Waals surface area contributed by atoms with E-state index in [1.807, 2.05) is 30.3 Å². The highest BCUT2D eigenvalue weighted by Crippen LogP contribution is 2.16. The molecule has 2 unspecified atom stereocenters. The van der Waals surface area contributed by atoms with Crippen LogP contribution in [0, 0.1) is 12.3 Å². The Morgan fingerprint density at radius 3 is 2.83 bits per heavy atom. The maximum Gasteiger partial charge on any atom is 0.0953 e. The van der Waals surface area contributed by atoms with Crippen LogP contribution in [0.15, 0.2) is 30.3 Å². The smallest absolute Gasteiger partial charge is 0.0953 e. The number of hydrogen-bond donors (Lipinski definition) is 2. The van der Waals surface area contributed by atoms with E-state index < -0.39 is 6.10 Å². The Hall–Kier alpha value is -1.34. The quantitative estimate of drug-likeness (QED) is 0.772. The van der Waals surface area contributed by atoms with Crippen LogP contribution in [-0.4, -0.2) is 30.4 Å². The summed E-state index contributed by atoms with van der Waals surface area (Å²) in [6.07, 6.45) is 7.10. The van der Waals surface area contributed by atoms with Gasteiger partial charge in [0.1, 0.15) is 0 Å². The zero-order chi connectivity index (χ0) is 12.8. The second-order valence-corrected chi connectivity index (χ2v) is 4.53. The highest BCUT2D eigenvalue weighted by molar-refractivity contribution is 5.17. The van der Waals surface area contributed by atoms with Crippen LogP contribution in [0.25, 0.3) is 0 Å². The van der Waals surface area contributed by atoms with Crippen molar-refractivity contribution in [2.45, 2.75) is 31.1 Å². The Morgan fingerprint density at radius 1 is 1.44 bits per heavy atom. The standard InChI is InChI=1S/C15H19NO2/c1-2-13(15-9-6-10-18-15)16-11-14(17)12-7-4-3-5-8-12/h1,3-5,7-8,13-17H,6,9-11H2/t13?,14-,15?/m1/s1. The zero-order valence-electron chi connectivity index (χ0n) is 10.4. The lowest BCUT2D eigenvalue weighted by atomic mass is 10.1. The van der Waals surface area contributed by atoms with E-state index in [4.69, 9.17) is 11.2 Å². The van der Waals surface area contributed by atoms with Crippen LogP contribution >= 0.6 is 0 Å². The van der Waals surface area contributed by atoms with Crippen LogP contribution in [0.4, 0.5) is 0 Å². The van der Waals surface area contributed by atoms with Gasteiger partial charge in [-0.25, -0.2) is 0 Å². The molecular weight excluding hydrogens is 226 g/mol. The lowest BCUT2D eigenvalue weighted by Crippen LogP contribution is -2.40. The predicted octanol–water partition coefficient (Wildman–Crippen LogP) is 1.49. The van der Waals surface area contributed by atoms with Crippen molar-refractivity contribution in [1.82, 2.24) is 5.32 Å². The van der Waals surface area contributed by atoms with Gasteiger partial charge in [0, 0.05) is 13.2 Å². The van der Waals surface area contributed by atoms with E-state index in [-0.39, 0.29) is 12.1 Å². The summed E-state index contributed by atoms with van der Waals surface area (Å²) in [6, 6.07) is 9.45. The summed E-state index contributed by atoms with van der Waals surface area (Å²) in [7, 11) is 0.